The minimum atomic E-state index is -1.13. The quantitative estimate of drug-likeness (QED) is 0.478. The number of ether oxygens (including phenoxy) is 1. The number of hydrogen-bond donors (Lipinski definition) is 2. The van der Waals surface area contributed by atoms with E-state index in [2.05, 4.69) is 18.9 Å². The predicted octanol–water partition coefficient (Wildman–Crippen LogP) is 3.19. The number of terminal acetylenes is 1. The number of aliphatic hydroxyl groups excluding tert-OH is 1. The van der Waals surface area contributed by atoms with Crippen LogP contribution in [0.1, 0.15) is 63.0 Å². The molecule has 3 aliphatic rings. The van der Waals surface area contributed by atoms with Crippen molar-refractivity contribution in [3.8, 4) is 18.1 Å². The van der Waals surface area contributed by atoms with Gasteiger partial charge in [-0.1, -0.05) is 18.9 Å². The Kier molecular flexibility index (Phi) is 4.36. The zero-order chi connectivity index (χ0) is 19.4. The molecule has 0 heterocycles. The summed E-state index contributed by atoms with van der Waals surface area (Å²) in [5, 5.41) is 20.3. The number of aliphatic hydroxyl groups is 2. The molecule has 0 spiro atoms. The summed E-state index contributed by atoms with van der Waals surface area (Å²) in [5.74, 6) is 4.07. The Hall–Kier alpha value is -1.83. The summed E-state index contributed by atoms with van der Waals surface area (Å²) in [6.45, 7) is 3.60. The number of hydrogen-bond acceptors (Lipinski definition) is 4. The number of fused-ring (bicyclic) bond motifs is 5. The molecule has 4 nitrogen and oxygen atoms in total. The topological polar surface area (TPSA) is 66.8 Å². The average molecular weight is 368 g/mol. The normalized spacial score (nSPS) is 38.1. The van der Waals surface area contributed by atoms with Crippen LogP contribution in [0, 0.1) is 29.6 Å². The molecule has 144 valence electrons. The van der Waals surface area contributed by atoms with E-state index in [1.54, 1.807) is 0 Å². The molecule has 0 bridgehead atoms. The van der Waals surface area contributed by atoms with Gasteiger partial charge in [-0.05, 0) is 86.5 Å². The number of aryl methyl sites for hydroxylation is 1. The Bertz CT molecular complexity index is 807. The first-order valence-electron chi connectivity index (χ1n) is 10.0. The van der Waals surface area contributed by atoms with E-state index in [0.29, 0.717) is 29.9 Å². The van der Waals surface area contributed by atoms with Gasteiger partial charge in [0.2, 0.25) is 0 Å². The zero-order valence-corrected chi connectivity index (χ0v) is 16.1. The summed E-state index contributed by atoms with van der Waals surface area (Å²) in [4.78, 5) is 11.6. The van der Waals surface area contributed by atoms with Crippen LogP contribution in [-0.2, 0) is 11.2 Å². The highest BCUT2D eigenvalue weighted by molar-refractivity contribution is 5.76. The average Bonchev–Trinajstić information content (AvgIpc) is 2.93. The van der Waals surface area contributed by atoms with Crippen molar-refractivity contribution in [3.05, 3.63) is 29.3 Å². The highest BCUT2D eigenvalue weighted by atomic mass is 16.5. The summed E-state index contributed by atoms with van der Waals surface area (Å²) < 4.78 is 5.26. The first-order chi connectivity index (χ1) is 12.8. The SMILES string of the molecule is C#C[C@]1(O)CCC2C3CCc4cc(OC(=O)C(C)O)ccc4C3CC[C@@]21C. The fourth-order valence-electron chi connectivity index (χ4n) is 6.08. The van der Waals surface area contributed by atoms with Crippen molar-refractivity contribution < 1.29 is 19.7 Å². The second kappa shape index (κ2) is 6.36. The van der Waals surface area contributed by atoms with E-state index in [4.69, 9.17) is 11.2 Å². The number of esters is 1. The lowest BCUT2D eigenvalue weighted by Crippen LogP contribution is -2.50. The van der Waals surface area contributed by atoms with Crippen molar-refractivity contribution in [2.24, 2.45) is 17.3 Å². The third-order valence-electron chi connectivity index (χ3n) is 7.65. The van der Waals surface area contributed by atoms with E-state index in [1.807, 2.05) is 12.1 Å². The number of carbonyl (C=O) groups excluding carboxylic acids is 1. The fraction of sp³-hybridized carbons (Fsp3) is 0.609. The van der Waals surface area contributed by atoms with E-state index in [1.165, 1.54) is 18.1 Å². The molecule has 27 heavy (non-hydrogen) atoms. The molecule has 1 aromatic rings. The lowest BCUT2D eigenvalue weighted by Gasteiger charge is -2.52. The van der Waals surface area contributed by atoms with Gasteiger partial charge in [-0.25, -0.2) is 4.79 Å². The van der Waals surface area contributed by atoms with Crippen LogP contribution in [0.5, 0.6) is 5.75 Å². The van der Waals surface area contributed by atoms with Crippen molar-refractivity contribution in [2.45, 2.75) is 70.0 Å². The maximum absolute atomic E-state index is 11.6. The van der Waals surface area contributed by atoms with Crippen LogP contribution in [0.3, 0.4) is 0 Å². The van der Waals surface area contributed by atoms with E-state index >= 15 is 0 Å². The van der Waals surface area contributed by atoms with Crippen LogP contribution in [0.25, 0.3) is 0 Å². The number of carbonyl (C=O) groups is 1. The molecule has 4 rings (SSSR count). The van der Waals surface area contributed by atoms with E-state index in [-0.39, 0.29) is 5.41 Å². The number of benzene rings is 1. The lowest BCUT2D eigenvalue weighted by atomic mass is 9.53. The van der Waals surface area contributed by atoms with Gasteiger partial charge in [0.25, 0.3) is 0 Å². The Morgan fingerprint density at radius 3 is 2.81 bits per heavy atom. The van der Waals surface area contributed by atoms with Crippen LogP contribution < -0.4 is 4.74 Å². The van der Waals surface area contributed by atoms with Gasteiger partial charge in [0.1, 0.15) is 17.5 Å². The van der Waals surface area contributed by atoms with Gasteiger partial charge in [0, 0.05) is 5.41 Å². The molecule has 2 fully saturated rings. The highest BCUT2D eigenvalue weighted by Gasteiger charge is 2.61. The Labute approximate surface area is 160 Å². The van der Waals surface area contributed by atoms with Crippen molar-refractivity contribution in [2.75, 3.05) is 0 Å². The summed E-state index contributed by atoms with van der Waals surface area (Å²) in [6.07, 6.45) is 10.3. The van der Waals surface area contributed by atoms with Gasteiger partial charge in [0.15, 0.2) is 0 Å². The standard InChI is InChI=1S/C23H28O4/c1-4-23(26)12-10-20-19-7-5-15-13-16(27-21(25)14(2)24)6-8-17(15)18(19)9-11-22(20,23)3/h1,6,8,13-14,18-20,24,26H,5,7,9-12H2,2-3H3/t14?,18?,19?,20?,22-,23-/m0/s1. The van der Waals surface area contributed by atoms with Gasteiger partial charge in [0.05, 0.1) is 0 Å². The fourth-order valence-corrected chi connectivity index (χ4v) is 6.08. The Morgan fingerprint density at radius 2 is 2.11 bits per heavy atom. The first kappa shape index (κ1) is 18.5. The largest absolute Gasteiger partial charge is 0.425 e. The molecule has 3 aliphatic carbocycles. The molecule has 2 N–H and O–H groups in total. The minimum absolute atomic E-state index is 0.187. The third-order valence-corrected chi connectivity index (χ3v) is 7.65. The molecule has 4 heteroatoms. The predicted molar refractivity (Wildman–Crippen MR) is 102 cm³/mol. The van der Waals surface area contributed by atoms with Crippen molar-refractivity contribution in [1.29, 1.82) is 0 Å². The summed E-state index contributed by atoms with van der Waals surface area (Å²) >= 11 is 0. The highest BCUT2D eigenvalue weighted by Crippen LogP contribution is 2.64. The molecular weight excluding hydrogens is 340 g/mol. The van der Waals surface area contributed by atoms with Gasteiger partial charge in [-0.15, -0.1) is 6.42 Å². The van der Waals surface area contributed by atoms with Gasteiger partial charge in [-0.3, -0.25) is 0 Å². The smallest absolute Gasteiger partial charge is 0.340 e. The van der Waals surface area contributed by atoms with E-state index < -0.39 is 17.7 Å². The van der Waals surface area contributed by atoms with Crippen LogP contribution in [0.15, 0.2) is 18.2 Å². The second-order valence-electron chi connectivity index (χ2n) is 8.87. The molecule has 0 aromatic heterocycles. The first-order valence-corrected chi connectivity index (χ1v) is 10.0. The van der Waals surface area contributed by atoms with E-state index in [9.17, 15) is 15.0 Å². The third kappa shape index (κ3) is 2.71. The lowest BCUT2D eigenvalue weighted by molar-refractivity contribution is -0.142. The Morgan fingerprint density at radius 1 is 1.33 bits per heavy atom. The van der Waals surface area contributed by atoms with Crippen LogP contribution >= 0.6 is 0 Å². The molecule has 0 aliphatic heterocycles. The molecule has 1 aromatic carbocycles. The Balaban J connectivity index is 1.60. The molecule has 4 unspecified atom stereocenters. The molecule has 0 saturated heterocycles. The minimum Gasteiger partial charge on any atom is -0.425 e. The maximum atomic E-state index is 11.6. The van der Waals surface area contributed by atoms with Gasteiger partial charge < -0.3 is 14.9 Å². The zero-order valence-electron chi connectivity index (χ0n) is 16.1. The molecule has 6 atom stereocenters. The second-order valence-corrected chi connectivity index (χ2v) is 8.87. The summed E-state index contributed by atoms with van der Waals surface area (Å²) in [7, 11) is 0. The molecule has 0 amide bonds. The van der Waals surface area contributed by atoms with Crippen LogP contribution in [0.4, 0.5) is 0 Å². The van der Waals surface area contributed by atoms with Gasteiger partial charge >= 0.3 is 5.97 Å². The summed E-state index contributed by atoms with van der Waals surface area (Å²) in [6, 6.07) is 5.87. The van der Waals surface area contributed by atoms with Crippen molar-refractivity contribution >= 4 is 5.97 Å². The van der Waals surface area contributed by atoms with Crippen molar-refractivity contribution in [3.63, 3.8) is 0 Å². The van der Waals surface area contributed by atoms with E-state index in [0.717, 1.165) is 32.1 Å². The van der Waals surface area contributed by atoms with Gasteiger partial charge in [-0.2, -0.15) is 0 Å². The molecular formula is C23H28O4. The van der Waals surface area contributed by atoms with Crippen LogP contribution in [-0.4, -0.2) is 27.9 Å². The van der Waals surface area contributed by atoms with Crippen molar-refractivity contribution in [1.82, 2.24) is 0 Å². The monoisotopic (exact) mass is 368 g/mol. The molecule has 0 radical (unpaired) electrons. The maximum Gasteiger partial charge on any atom is 0.340 e. The summed E-state index contributed by atoms with van der Waals surface area (Å²) in [5.41, 5.74) is 1.43. The van der Waals surface area contributed by atoms with Crippen LogP contribution in [0.2, 0.25) is 0 Å². The molecule has 2 saturated carbocycles. The number of rotatable bonds is 2.